The molecule has 3 rings (SSSR count). The molecule has 0 fully saturated rings. The lowest BCUT2D eigenvalue weighted by Gasteiger charge is -2.19. The number of hydrogen-bond acceptors (Lipinski definition) is 4. The van der Waals surface area contributed by atoms with E-state index in [1.54, 1.807) is 18.2 Å². The molecule has 0 atom stereocenters. The second kappa shape index (κ2) is 5.32. The molecule has 1 aliphatic rings. The summed E-state index contributed by atoms with van der Waals surface area (Å²) in [5.41, 5.74) is 0.796. The van der Waals surface area contributed by atoms with Gasteiger partial charge in [0.15, 0.2) is 11.5 Å². The summed E-state index contributed by atoms with van der Waals surface area (Å²) in [6, 6.07) is 9.12. The van der Waals surface area contributed by atoms with E-state index in [9.17, 15) is 9.18 Å². The Bertz CT molecular complexity index is 702. The largest absolute Gasteiger partial charge is 0.486 e. The van der Waals surface area contributed by atoms with Crippen molar-refractivity contribution in [3.05, 3.63) is 47.8 Å². The highest BCUT2D eigenvalue weighted by molar-refractivity contribution is 5.89. The van der Waals surface area contributed by atoms with E-state index in [4.69, 9.17) is 14.6 Å². The topological polar surface area (TPSA) is 67.8 Å². The maximum atomic E-state index is 13.3. The van der Waals surface area contributed by atoms with E-state index in [0.717, 1.165) is 6.07 Å². The Labute approximate surface area is 119 Å². The fourth-order valence-electron chi connectivity index (χ4n) is 2.05. The molecular weight excluding hydrogens is 277 g/mol. The van der Waals surface area contributed by atoms with Gasteiger partial charge in [-0.25, -0.2) is 9.18 Å². The van der Waals surface area contributed by atoms with Gasteiger partial charge >= 0.3 is 5.97 Å². The van der Waals surface area contributed by atoms with Gasteiger partial charge in [-0.15, -0.1) is 0 Å². The van der Waals surface area contributed by atoms with Crippen molar-refractivity contribution in [1.82, 2.24) is 0 Å². The second-order valence-corrected chi connectivity index (χ2v) is 4.48. The molecule has 0 aromatic heterocycles. The number of ether oxygens (including phenoxy) is 2. The molecule has 0 radical (unpaired) electrons. The van der Waals surface area contributed by atoms with E-state index >= 15 is 0 Å². The average molecular weight is 289 g/mol. The number of carboxylic acids is 1. The molecule has 5 nitrogen and oxygen atoms in total. The summed E-state index contributed by atoms with van der Waals surface area (Å²) in [7, 11) is 0. The molecule has 108 valence electrons. The van der Waals surface area contributed by atoms with Gasteiger partial charge in [0.1, 0.15) is 19.0 Å². The van der Waals surface area contributed by atoms with Crippen molar-refractivity contribution in [2.24, 2.45) is 0 Å². The zero-order valence-electron chi connectivity index (χ0n) is 10.9. The molecule has 1 aliphatic heterocycles. The van der Waals surface area contributed by atoms with Crippen molar-refractivity contribution in [3.8, 4) is 11.5 Å². The number of carbonyl (C=O) groups is 1. The van der Waals surface area contributed by atoms with E-state index in [-0.39, 0.29) is 5.56 Å². The number of benzene rings is 2. The van der Waals surface area contributed by atoms with Crippen LogP contribution in [-0.4, -0.2) is 24.3 Å². The molecule has 0 saturated carbocycles. The summed E-state index contributed by atoms with van der Waals surface area (Å²) < 4.78 is 24.2. The number of carboxylic acid groups (broad SMARTS) is 1. The zero-order valence-corrected chi connectivity index (χ0v) is 10.9. The molecule has 6 heteroatoms. The van der Waals surface area contributed by atoms with Gasteiger partial charge in [-0.3, -0.25) is 0 Å². The Morgan fingerprint density at radius 1 is 1.05 bits per heavy atom. The molecule has 0 amide bonds. The van der Waals surface area contributed by atoms with Crippen molar-refractivity contribution < 1.29 is 23.8 Å². The van der Waals surface area contributed by atoms with Crippen molar-refractivity contribution in [1.29, 1.82) is 0 Å². The van der Waals surface area contributed by atoms with Crippen LogP contribution in [0.15, 0.2) is 36.4 Å². The van der Waals surface area contributed by atoms with Crippen molar-refractivity contribution in [2.45, 2.75) is 0 Å². The average Bonchev–Trinajstić information content (AvgIpc) is 2.49. The SMILES string of the molecule is O=C(O)c1cc(Nc2ccc3c(c2)OCCO3)ccc1F. The minimum atomic E-state index is -1.31. The Morgan fingerprint density at radius 3 is 2.48 bits per heavy atom. The summed E-state index contributed by atoms with van der Waals surface area (Å²) in [5.74, 6) is -0.794. The lowest BCUT2D eigenvalue weighted by atomic mass is 10.2. The van der Waals surface area contributed by atoms with Crippen molar-refractivity contribution in [3.63, 3.8) is 0 Å². The molecule has 1 heterocycles. The third-order valence-corrected chi connectivity index (χ3v) is 3.03. The first-order valence-corrected chi connectivity index (χ1v) is 6.33. The maximum absolute atomic E-state index is 13.3. The van der Waals surface area contributed by atoms with Crippen LogP contribution in [0.3, 0.4) is 0 Å². The highest BCUT2D eigenvalue weighted by atomic mass is 19.1. The molecule has 2 N–H and O–H groups in total. The van der Waals surface area contributed by atoms with Crippen LogP contribution in [-0.2, 0) is 0 Å². The van der Waals surface area contributed by atoms with Crippen LogP contribution in [0.1, 0.15) is 10.4 Å². The Balaban J connectivity index is 1.86. The molecule has 0 unspecified atom stereocenters. The monoisotopic (exact) mass is 289 g/mol. The van der Waals surface area contributed by atoms with Crippen molar-refractivity contribution >= 4 is 17.3 Å². The predicted molar refractivity (Wildman–Crippen MR) is 74.1 cm³/mol. The van der Waals surface area contributed by atoms with E-state index in [1.165, 1.54) is 12.1 Å². The minimum absolute atomic E-state index is 0.377. The van der Waals surface area contributed by atoms with E-state index < -0.39 is 11.8 Å². The van der Waals surface area contributed by atoms with Gasteiger partial charge in [0.05, 0.1) is 5.56 Å². The van der Waals surface area contributed by atoms with E-state index in [2.05, 4.69) is 5.32 Å². The minimum Gasteiger partial charge on any atom is -0.486 e. The molecule has 0 saturated heterocycles. The number of hydrogen-bond donors (Lipinski definition) is 2. The predicted octanol–water partition coefficient (Wildman–Crippen LogP) is 3.04. The Morgan fingerprint density at radius 2 is 1.71 bits per heavy atom. The number of halogens is 1. The molecule has 0 spiro atoms. The number of aromatic carboxylic acids is 1. The van der Waals surface area contributed by atoms with E-state index in [0.29, 0.717) is 36.1 Å². The van der Waals surface area contributed by atoms with Crippen LogP contribution >= 0.6 is 0 Å². The summed E-state index contributed by atoms with van der Waals surface area (Å²) in [6.45, 7) is 0.996. The zero-order chi connectivity index (χ0) is 14.8. The fraction of sp³-hybridized carbons (Fsp3) is 0.133. The first-order chi connectivity index (χ1) is 10.1. The molecular formula is C15H12FNO4. The summed E-state index contributed by atoms with van der Waals surface area (Å²) in [5, 5.41) is 11.9. The van der Waals surface area contributed by atoms with Crippen LogP contribution in [0.4, 0.5) is 15.8 Å². The third kappa shape index (κ3) is 2.74. The Hall–Kier alpha value is -2.76. The van der Waals surface area contributed by atoms with Crippen LogP contribution < -0.4 is 14.8 Å². The van der Waals surface area contributed by atoms with Crippen molar-refractivity contribution in [2.75, 3.05) is 18.5 Å². The summed E-state index contributed by atoms with van der Waals surface area (Å²) in [6.07, 6.45) is 0. The number of rotatable bonds is 3. The quantitative estimate of drug-likeness (QED) is 0.909. The lowest BCUT2D eigenvalue weighted by molar-refractivity contribution is 0.0692. The van der Waals surface area contributed by atoms with Gasteiger partial charge in [-0.2, -0.15) is 0 Å². The standard InChI is InChI=1S/C15H12FNO4/c16-12-3-1-9(7-11(12)15(18)19)17-10-2-4-13-14(8-10)21-6-5-20-13/h1-4,7-8,17H,5-6H2,(H,18,19). The van der Waals surface area contributed by atoms with Gasteiger partial charge in [-0.05, 0) is 30.3 Å². The number of fused-ring (bicyclic) bond motifs is 1. The van der Waals surface area contributed by atoms with Crippen LogP contribution in [0.25, 0.3) is 0 Å². The second-order valence-electron chi connectivity index (χ2n) is 4.48. The van der Waals surface area contributed by atoms with Gasteiger partial charge in [0.25, 0.3) is 0 Å². The molecule has 0 bridgehead atoms. The van der Waals surface area contributed by atoms with Gasteiger partial charge < -0.3 is 19.9 Å². The third-order valence-electron chi connectivity index (χ3n) is 3.03. The normalized spacial score (nSPS) is 12.8. The molecule has 2 aromatic carbocycles. The van der Waals surface area contributed by atoms with Gasteiger partial charge in [0.2, 0.25) is 0 Å². The smallest absolute Gasteiger partial charge is 0.338 e. The first-order valence-electron chi connectivity index (χ1n) is 6.33. The summed E-state index contributed by atoms with van der Waals surface area (Å²) >= 11 is 0. The number of anilines is 2. The summed E-state index contributed by atoms with van der Waals surface area (Å²) in [4.78, 5) is 10.9. The molecule has 2 aromatic rings. The molecule has 21 heavy (non-hydrogen) atoms. The van der Waals surface area contributed by atoms with Crippen LogP contribution in [0, 0.1) is 5.82 Å². The number of nitrogens with one attached hydrogen (secondary N) is 1. The fourth-order valence-corrected chi connectivity index (χ4v) is 2.05. The van der Waals surface area contributed by atoms with Crippen LogP contribution in [0.5, 0.6) is 11.5 Å². The first kappa shape index (κ1) is 13.2. The highest BCUT2D eigenvalue weighted by Crippen LogP contribution is 2.33. The Kier molecular flexibility index (Phi) is 3.35. The lowest BCUT2D eigenvalue weighted by Crippen LogP contribution is -2.15. The van der Waals surface area contributed by atoms with E-state index in [1.807, 2.05) is 0 Å². The highest BCUT2D eigenvalue weighted by Gasteiger charge is 2.13. The van der Waals surface area contributed by atoms with Gasteiger partial charge in [-0.1, -0.05) is 0 Å². The van der Waals surface area contributed by atoms with Crippen LogP contribution in [0.2, 0.25) is 0 Å². The maximum Gasteiger partial charge on any atom is 0.338 e. The molecule has 0 aliphatic carbocycles. The van der Waals surface area contributed by atoms with Gasteiger partial charge in [0, 0.05) is 17.4 Å².